The number of methoxy groups -OCH3 is 1. The molecule has 0 unspecified atom stereocenters. The summed E-state index contributed by atoms with van der Waals surface area (Å²) < 4.78 is 18.4. The van der Waals surface area contributed by atoms with Gasteiger partial charge in [0.1, 0.15) is 0 Å². The van der Waals surface area contributed by atoms with E-state index in [0.717, 1.165) is 0 Å². The Bertz CT molecular complexity index is 659. The van der Waals surface area contributed by atoms with Crippen LogP contribution in [0, 0.1) is 5.82 Å². The summed E-state index contributed by atoms with van der Waals surface area (Å²) in [5.41, 5.74) is 12.5. The molecule has 0 radical (unpaired) electrons. The molecule has 0 fully saturated rings. The summed E-state index contributed by atoms with van der Waals surface area (Å²) in [5, 5.41) is 2.92. The highest BCUT2D eigenvalue weighted by molar-refractivity contribution is 6.00. The average molecular weight is 275 g/mol. The molecule has 0 aromatic heterocycles. The van der Waals surface area contributed by atoms with Gasteiger partial charge in [-0.1, -0.05) is 0 Å². The third-order valence-electron chi connectivity index (χ3n) is 2.74. The zero-order valence-electron chi connectivity index (χ0n) is 10.8. The predicted molar refractivity (Wildman–Crippen MR) is 75.6 cm³/mol. The van der Waals surface area contributed by atoms with Gasteiger partial charge in [-0.05, 0) is 30.3 Å². The maximum atomic E-state index is 13.6. The average Bonchev–Trinajstić information content (AvgIpc) is 2.41. The number of nitrogen functional groups attached to an aromatic ring is 1. The third-order valence-corrected chi connectivity index (χ3v) is 2.74. The van der Waals surface area contributed by atoms with Crippen LogP contribution in [0.15, 0.2) is 36.4 Å². The van der Waals surface area contributed by atoms with Gasteiger partial charge in [-0.2, -0.15) is 0 Å². The Kier molecular flexibility index (Phi) is 3.74. The second-order valence-corrected chi connectivity index (χ2v) is 4.14. The fourth-order valence-corrected chi connectivity index (χ4v) is 1.77. The normalized spacial score (nSPS) is 10.1. The molecule has 104 valence electrons. The summed E-state index contributed by atoms with van der Waals surface area (Å²) in [6, 6.07) is 9.07. The van der Waals surface area contributed by atoms with Gasteiger partial charge in [0.2, 0.25) is 0 Å². The van der Waals surface area contributed by atoms with Crippen LogP contribution in [0.1, 0.15) is 10.4 Å². The van der Waals surface area contributed by atoms with Crippen molar-refractivity contribution in [2.75, 3.05) is 18.2 Å². The Morgan fingerprint density at radius 1 is 1.25 bits per heavy atom. The van der Waals surface area contributed by atoms with Gasteiger partial charge in [-0.3, -0.25) is 4.79 Å². The van der Waals surface area contributed by atoms with Crippen LogP contribution >= 0.6 is 0 Å². The first-order valence-corrected chi connectivity index (χ1v) is 5.81. The monoisotopic (exact) mass is 275 g/mol. The van der Waals surface area contributed by atoms with Crippen LogP contribution in [-0.4, -0.2) is 13.0 Å². The molecule has 0 bridgehead atoms. The van der Waals surface area contributed by atoms with Crippen molar-refractivity contribution in [3.05, 3.63) is 47.8 Å². The molecule has 0 spiro atoms. The van der Waals surface area contributed by atoms with Crippen LogP contribution in [0.5, 0.6) is 5.75 Å². The van der Waals surface area contributed by atoms with E-state index in [1.807, 2.05) is 0 Å². The first-order chi connectivity index (χ1) is 9.51. The first-order valence-electron chi connectivity index (χ1n) is 5.81. The lowest BCUT2D eigenvalue weighted by Crippen LogP contribution is -2.13. The molecule has 5 N–H and O–H groups in total. The van der Waals surface area contributed by atoms with Gasteiger partial charge in [0.05, 0.1) is 18.4 Å². The Morgan fingerprint density at radius 2 is 2.00 bits per heavy atom. The zero-order chi connectivity index (χ0) is 14.7. The molecule has 5 nitrogen and oxygen atoms in total. The Hall–Kier alpha value is -2.76. The van der Waals surface area contributed by atoms with E-state index in [1.165, 1.54) is 25.3 Å². The number of hydrogen-bond donors (Lipinski definition) is 3. The number of nitrogens with one attached hydrogen (secondary N) is 1. The zero-order valence-corrected chi connectivity index (χ0v) is 10.8. The largest absolute Gasteiger partial charge is 0.494 e. The number of hydrogen-bond acceptors (Lipinski definition) is 4. The number of primary amides is 1. The van der Waals surface area contributed by atoms with Gasteiger partial charge in [-0.25, -0.2) is 4.39 Å². The van der Waals surface area contributed by atoms with Crippen molar-refractivity contribution in [3.63, 3.8) is 0 Å². The fraction of sp³-hybridized carbons (Fsp3) is 0.0714. The molecule has 2 aromatic rings. The number of nitrogens with two attached hydrogens (primary N) is 2. The van der Waals surface area contributed by atoms with Crippen LogP contribution in [0.4, 0.5) is 21.5 Å². The molecule has 0 saturated carbocycles. The van der Waals surface area contributed by atoms with Gasteiger partial charge in [0.25, 0.3) is 5.91 Å². The molecule has 6 heteroatoms. The maximum absolute atomic E-state index is 13.6. The van der Waals surface area contributed by atoms with Crippen LogP contribution in [0.25, 0.3) is 0 Å². The highest BCUT2D eigenvalue weighted by atomic mass is 19.1. The highest BCUT2D eigenvalue weighted by Crippen LogP contribution is 2.26. The number of carbonyl (C=O) groups excluding carboxylic acids is 1. The molecule has 1 amide bonds. The maximum Gasteiger partial charge on any atom is 0.250 e. The summed E-state index contributed by atoms with van der Waals surface area (Å²) in [4.78, 5) is 11.4. The van der Waals surface area contributed by atoms with E-state index >= 15 is 0 Å². The van der Waals surface area contributed by atoms with Crippen LogP contribution in [0.3, 0.4) is 0 Å². The standard InChI is InChI=1S/C14H14FN3O2/c1-20-13-5-3-9(7-11(13)15)18-12-4-2-8(16)6-10(12)14(17)19/h2-7,18H,16H2,1H3,(H2,17,19). The summed E-state index contributed by atoms with van der Waals surface area (Å²) >= 11 is 0. The summed E-state index contributed by atoms with van der Waals surface area (Å²) in [6.07, 6.45) is 0. The molecule has 0 saturated heterocycles. The van der Waals surface area contributed by atoms with E-state index in [-0.39, 0.29) is 11.3 Å². The van der Waals surface area contributed by atoms with Gasteiger partial charge in [0.15, 0.2) is 11.6 Å². The second kappa shape index (κ2) is 5.48. The number of anilines is 3. The Labute approximate surface area is 115 Å². The van der Waals surface area contributed by atoms with Gasteiger partial charge >= 0.3 is 0 Å². The van der Waals surface area contributed by atoms with Crippen molar-refractivity contribution in [2.24, 2.45) is 5.73 Å². The van der Waals surface area contributed by atoms with Gasteiger partial charge in [-0.15, -0.1) is 0 Å². The van der Waals surface area contributed by atoms with Crippen molar-refractivity contribution < 1.29 is 13.9 Å². The number of amides is 1. The topological polar surface area (TPSA) is 90.4 Å². The van der Waals surface area contributed by atoms with E-state index in [1.54, 1.807) is 18.2 Å². The van der Waals surface area contributed by atoms with E-state index in [2.05, 4.69) is 5.32 Å². The Balaban J connectivity index is 2.35. The van der Waals surface area contributed by atoms with E-state index in [0.29, 0.717) is 17.1 Å². The van der Waals surface area contributed by atoms with Crippen molar-refractivity contribution in [2.45, 2.75) is 0 Å². The number of benzene rings is 2. The Morgan fingerprint density at radius 3 is 2.60 bits per heavy atom. The van der Waals surface area contributed by atoms with Crippen molar-refractivity contribution in [3.8, 4) is 5.75 Å². The minimum atomic E-state index is -0.617. The molecule has 0 atom stereocenters. The number of rotatable bonds is 4. The number of carbonyl (C=O) groups is 1. The minimum Gasteiger partial charge on any atom is -0.494 e. The molecule has 2 rings (SSSR count). The molecule has 2 aromatic carbocycles. The molecule has 0 aliphatic heterocycles. The van der Waals surface area contributed by atoms with Crippen LogP contribution in [0.2, 0.25) is 0 Å². The number of ether oxygens (including phenoxy) is 1. The second-order valence-electron chi connectivity index (χ2n) is 4.14. The third kappa shape index (κ3) is 2.80. The molecule has 20 heavy (non-hydrogen) atoms. The smallest absolute Gasteiger partial charge is 0.250 e. The quantitative estimate of drug-likeness (QED) is 0.746. The molecule has 0 aliphatic carbocycles. The van der Waals surface area contributed by atoms with Crippen LogP contribution < -0.4 is 21.5 Å². The molecular weight excluding hydrogens is 261 g/mol. The van der Waals surface area contributed by atoms with E-state index < -0.39 is 11.7 Å². The number of halogens is 1. The highest BCUT2D eigenvalue weighted by Gasteiger charge is 2.10. The lowest BCUT2D eigenvalue weighted by atomic mass is 10.1. The van der Waals surface area contributed by atoms with Crippen molar-refractivity contribution in [1.29, 1.82) is 0 Å². The minimum absolute atomic E-state index is 0.142. The van der Waals surface area contributed by atoms with Gasteiger partial charge < -0.3 is 21.5 Å². The molecule has 0 aliphatic rings. The molecular formula is C14H14FN3O2. The van der Waals surface area contributed by atoms with Crippen LogP contribution in [-0.2, 0) is 0 Å². The first kappa shape index (κ1) is 13.7. The van der Waals surface area contributed by atoms with E-state index in [4.69, 9.17) is 16.2 Å². The molecule has 0 heterocycles. The fourth-order valence-electron chi connectivity index (χ4n) is 1.77. The van der Waals surface area contributed by atoms with Crippen molar-refractivity contribution >= 4 is 23.0 Å². The SMILES string of the molecule is COc1ccc(Nc2ccc(N)cc2C(N)=O)cc1F. The predicted octanol–water partition coefficient (Wildman–Crippen LogP) is 2.26. The lowest BCUT2D eigenvalue weighted by molar-refractivity contribution is 0.100. The summed E-state index contributed by atoms with van der Waals surface area (Å²) in [6.45, 7) is 0. The summed E-state index contributed by atoms with van der Waals surface area (Å²) in [5.74, 6) is -0.981. The summed E-state index contributed by atoms with van der Waals surface area (Å²) in [7, 11) is 1.39. The van der Waals surface area contributed by atoms with E-state index in [9.17, 15) is 9.18 Å². The lowest BCUT2D eigenvalue weighted by Gasteiger charge is -2.11. The van der Waals surface area contributed by atoms with Crippen molar-refractivity contribution in [1.82, 2.24) is 0 Å². The van der Waals surface area contributed by atoms with Gasteiger partial charge in [0, 0.05) is 17.4 Å².